The Bertz CT molecular complexity index is 296. The van der Waals surface area contributed by atoms with Gasteiger partial charge in [0.25, 0.3) is 5.15 Å². The molecule has 0 saturated carbocycles. The predicted octanol–water partition coefficient (Wildman–Crippen LogP) is -2.94. The first-order valence-corrected chi connectivity index (χ1v) is 5.11. The Morgan fingerprint density at radius 2 is 1.64 bits per heavy atom. The van der Waals surface area contributed by atoms with E-state index in [0.717, 1.165) is 0 Å². The van der Waals surface area contributed by atoms with Crippen molar-refractivity contribution in [2.45, 2.75) is 0 Å². The fourth-order valence-electron chi connectivity index (χ4n) is 0.518. The molecular formula is C6H6Cl3NO4. The normalized spacial score (nSPS) is 10.5. The first-order chi connectivity index (χ1) is 6.20. The third-order valence-corrected chi connectivity index (χ3v) is 1.66. The van der Waals surface area contributed by atoms with Gasteiger partial charge in [-0.15, -0.1) is 10.2 Å². The van der Waals surface area contributed by atoms with E-state index in [1.807, 2.05) is 13.2 Å². The fraction of sp³-hybridized carbons (Fsp3) is 0.167. The van der Waals surface area contributed by atoms with E-state index in [9.17, 15) is 0 Å². The van der Waals surface area contributed by atoms with Crippen molar-refractivity contribution in [2.75, 3.05) is 0 Å². The van der Waals surface area contributed by atoms with Crippen molar-refractivity contribution in [1.29, 1.82) is 0 Å². The van der Waals surface area contributed by atoms with Crippen LogP contribution in [-0.4, -0.2) is 0 Å². The molecule has 0 saturated heterocycles. The zero-order valence-electron chi connectivity index (χ0n) is 6.95. The monoisotopic (exact) mass is 261 g/mol. The summed E-state index contributed by atoms with van der Waals surface area (Å²) in [6.45, 7) is 0. The molecule has 0 N–H and O–H groups in total. The molecule has 1 aromatic rings. The highest BCUT2D eigenvalue weighted by Gasteiger charge is 2.00. The molecule has 0 atom stereocenters. The summed E-state index contributed by atoms with van der Waals surface area (Å²) in [6, 6.07) is 3.48. The van der Waals surface area contributed by atoms with Crippen LogP contribution in [0.1, 0.15) is 0 Å². The number of hydrogen-bond acceptors (Lipinski definition) is 4. The number of halogens is 3. The topological polar surface area (TPSA) is 96.1 Å². The van der Waals surface area contributed by atoms with Crippen LogP contribution >= 0.6 is 23.2 Å². The maximum absolute atomic E-state index is 8.49. The Morgan fingerprint density at radius 3 is 1.93 bits per heavy atom. The average Bonchev–Trinajstić information content (AvgIpc) is 1.94. The Morgan fingerprint density at radius 1 is 1.21 bits per heavy atom. The van der Waals surface area contributed by atoms with E-state index in [-0.39, 0.29) is 0 Å². The molecule has 8 heteroatoms. The van der Waals surface area contributed by atoms with Crippen LogP contribution in [0.3, 0.4) is 0 Å². The van der Waals surface area contributed by atoms with Crippen molar-refractivity contribution in [2.24, 2.45) is 7.05 Å². The highest BCUT2D eigenvalue weighted by Crippen LogP contribution is 2.09. The third kappa shape index (κ3) is 8.46. The SMILES string of the molecule is C[n+]1ccc(Cl)cc1Cl.[O-][Cl+3]([O-])([O-])[O-]. The third-order valence-electron chi connectivity index (χ3n) is 1.05. The summed E-state index contributed by atoms with van der Waals surface area (Å²) in [5.41, 5.74) is 0. The molecule has 0 unspecified atom stereocenters. The lowest BCUT2D eigenvalue weighted by atomic mass is 10.5. The van der Waals surface area contributed by atoms with Crippen molar-refractivity contribution in [3.8, 4) is 0 Å². The smallest absolute Gasteiger partial charge is 0.222 e. The van der Waals surface area contributed by atoms with Crippen LogP contribution in [0.25, 0.3) is 0 Å². The first kappa shape index (κ1) is 13.9. The van der Waals surface area contributed by atoms with Crippen LogP contribution in [0.5, 0.6) is 0 Å². The molecule has 0 aliphatic rings. The molecular weight excluding hydrogens is 256 g/mol. The Balaban J connectivity index is 0.000000292. The fourth-order valence-corrected chi connectivity index (χ4v) is 0.907. The number of hydrogen-bond donors (Lipinski definition) is 0. The molecule has 0 aliphatic carbocycles. The molecule has 1 rings (SSSR count). The maximum Gasteiger partial charge on any atom is 0.276 e. The quantitative estimate of drug-likeness (QED) is 0.369. The summed E-state index contributed by atoms with van der Waals surface area (Å²) < 4.78 is 35.8. The van der Waals surface area contributed by atoms with Gasteiger partial charge in [-0.25, -0.2) is 18.6 Å². The Hall–Kier alpha value is -0.140. The van der Waals surface area contributed by atoms with Gasteiger partial charge in [-0.1, -0.05) is 11.6 Å². The van der Waals surface area contributed by atoms with E-state index < -0.39 is 10.2 Å². The minimum Gasteiger partial charge on any atom is -0.222 e. The summed E-state index contributed by atoms with van der Waals surface area (Å²) in [4.78, 5) is 0. The number of pyridine rings is 1. The van der Waals surface area contributed by atoms with Crippen LogP contribution in [0.15, 0.2) is 18.3 Å². The molecule has 0 fully saturated rings. The van der Waals surface area contributed by atoms with E-state index in [4.69, 9.17) is 41.8 Å². The molecule has 0 radical (unpaired) electrons. The second kappa shape index (κ2) is 5.67. The highest BCUT2D eigenvalue weighted by molar-refractivity contribution is 6.33. The lowest BCUT2D eigenvalue weighted by Gasteiger charge is -2.17. The van der Waals surface area contributed by atoms with Crippen molar-refractivity contribution in [1.82, 2.24) is 0 Å². The summed E-state index contributed by atoms with van der Waals surface area (Å²) >= 11 is 11.3. The largest absolute Gasteiger partial charge is 0.276 e. The summed E-state index contributed by atoms with van der Waals surface area (Å²) in [7, 11) is -3.08. The summed E-state index contributed by atoms with van der Waals surface area (Å²) in [5.74, 6) is 0. The molecule has 1 heterocycles. The minimum absolute atomic E-state index is 0.641. The van der Waals surface area contributed by atoms with Crippen LogP contribution in [0, 0.1) is 10.2 Å². The second-order valence-corrected chi connectivity index (χ2v) is 3.74. The van der Waals surface area contributed by atoms with Gasteiger partial charge in [0, 0.05) is 12.1 Å². The molecule has 14 heavy (non-hydrogen) atoms. The molecule has 1 aromatic heterocycles. The van der Waals surface area contributed by atoms with Gasteiger partial charge >= 0.3 is 0 Å². The van der Waals surface area contributed by atoms with E-state index in [0.29, 0.717) is 10.2 Å². The zero-order valence-corrected chi connectivity index (χ0v) is 9.21. The van der Waals surface area contributed by atoms with Gasteiger partial charge in [0.05, 0.1) is 5.02 Å². The summed E-state index contributed by atoms with van der Waals surface area (Å²) in [6.07, 6.45) is 1.81. The maximum atomic E-state index is 8.49. The van der Waals surface area contributed by atoms with Gasteiger partial charge in [-0.3, -0.25) is 0 Å². The summed E-state index contributed by atoms with van der Waals surface area (Å²) in [5, 5.41) is 1.31. The lowest BCUT2D eigenvalue weighted by Crippen LogP contribution is -2.68. The van der Waals surface area contributed by atoms with Crippen molar-refractivity contribution < 1.29 is 33.4 Å². The molecule has 0 spiro atoms. The number of aryl methyl sites for hydroxylation is 1. The van der Waals surface area contributed by atoms with Gasteiger partial charge < -0.3 is 0 Å². The minimum atomic E-state index is -4.94. The van der Waals surface area contributed by atoms with Crippen molar-refractivity contribution in [3.63, 3.8) is 0 Å². The number of rotatable bonds is 0. The van der Waals surface area contributed by atoms with Gasteiger partial charge in [0.2, 0.25) is 0 Å². The lowest BCUT2D eigenvalue weighted by molar-refractivity contribution is -2.00. The Kier molecular flexibility index (Phi) is 5.61. The molecule has 0 bridgehead atoms. The van der Waals surface area contributed by atoms with Gasteiger partial charge in [0.15, 0.2) is 6.20 Å². The molecule has 80 valence electrons. The second-order valence-electron chi connectivity index (χ2n) is 2.16. The highest BCUT2D eigenvalue weighted by atomic mass is 35.7. The van der Waals surface area contributed by atoms with E-state index in [1.165, 1.54) is 0 Å². The van der Waals surface area contributed by atoms with Crippen molar-refractivity contribution >= 4 is 23.2 Å². The van der Waals surface area contributed by atoms with Crippen LogP contribution < -0.4 is 23.2 Å². The molecule has 0 aromatic carbocycles. The van der Waals surface area contributed by atoms with Gasteiger partial charge in [-0.2, -0.15) is 4.57 Å². The van der Waals surface area contributed by atoms with Gasteiger partial charge in [-0.05, 0) is 11.6 Å². The molecule has 5 nitrogen and oxygen atoms in total. The molecule has 0 aliphatic heterocycles. The number of aromatic nitrogens is 1. The predicted molar refractivity (Wildman–Crippen MR) is 37.6 cm³/mol. The van der Waals surface area contributed by atoms with Crippen LogP contribution in [0.2, 0.25) is 10.2 Å². The standard InChI is InChI=1S/C6H6Cl2N.ClHO4/c1-9-3-2-5(7)4-6(9)8;2-1(3,4)5/h2-4H,1H3;(H,2,3,4,5)/q+1;/p-1. The van der Waals surface area contributed by atoms with Crippen molar-refractivity contribution in [3.05, 3.63) is 28.5 Å². The number of nitrogens with zero attached hydrogens (tertiary/aromatic N) is 1. The van der Waals surface area contributed by atoms with E-state index in [1.54, 1.807) is 16.7 Å². The molecule has 0 amide bonds. The zero-order chi connectivity index (χ0) is 11.4. The van der Waals surface area contributed by atoms with Gasteiger partial charge in [0.1, 0.15) is 7.05 Å². The van der Waals surface area contributed by atoms with E-state index >= 15 is 0 Å². The van der Waals surface area contributed by atoms with E-state index in [2.05, 4.69) is 0 Å². The first-order valence-electron chi connectivity index (χ1n) is 3.12. The average molecular weight is 262 g/mol. The van der Waals surface area contributed by atoms with Crippen LogP contribution in [-0.2, 0) is 7.05 Å². The Labute approximate surface area is 92.5 Å². The van der Waals surface area contributed by atoms with Crippen LogP contribution in [0.4, 0.5) is 0 Å².